The lowest BCUT2D eigenvalue weighted by Crippen LogP contribution is -2.32. The predicted octanol–water partition coefficient (Wildman–Crippen LogP) is 1.56. The molecular weight excluding hydrogens is 216 g/mol. The molecule has 1 atom stereocenters. The molecule has 0 radical (unpaired) electrons. The first kappa shape index (κ1) is 11.6. The van der Waals surface area contributed by atoms with Gasteiger partial charge in [-0.05, 0) is 12.0 Å². The summed E-state index contributed by atoms with van der Waals surface area (Å²) in [5, 5.41) is 2.72. The van der Waals surface area contributed by atoms with Gasteiger partial charge in [0, 0.05) is 13.0 Å². The van der Waals surface area contributed by atoms with E-state index in [0.29, 0.717) is 13.0 Å². The van der Waals surface area contributed by atoms with Gasteiger partial charge in [0.2, 0.25) is 0 Å². The second-order valence-corrected chi connectivity index (χ2v) is 4.18. The van der Waals surface area contributed by atoms with Crippen molar-refractivity contribution in [3.05, 3.63) is 35.9 Å². The van der Waals surface area contributed by atoms with E-state index in [1.54, 1.807) is 0 Å². The van der Waals surface area contributed by atoms with Crippen molar-refractivity contribution in [3.63, 3.8) is 0 Å². The van der Waals surface area contributed by atoms with Crippen LogP contribution in [-0.2, 0) is 11.2 Å². The summed E-state index contributed by atoms with van der Waals surface area (Å²) in [6, 6.07) is 9.04. The fourth-order valence-corrected chi connectivity index (χ4v) is 2.00. The van der Waals surface area contributed by atoms with Crippen LogP contribution in [-0.4, -0.2) is 29.4 Å². The second kappa shape index (κ2) is 4.99. The molecule has 4 heteroatoms. The Morgan fingerprint density at radius 1 is 1.24 bits per heavy atom. The van der Waals surface area contributed by atoms with E-state index in [-0.39, 0.29) is 11.9 Å². The first-order chi connectivity index (χ1) is 8.22. The number of carbonyl (C=O) groups is 2. The fraction of sp³-hybridized carbons (Fsp3) is 0.385. The lowest BCUT2D eigenvalue weighted by Gasteiger charge is -2.11. The minimum Gasteiger partial charge on any atom is -0.325 e. The average molecular weight is 232 g/mol. The Morgan fingerprint density at radius 2 is 1.94 bits per heavy atom. The van der Waals surface area contributed by atoms with Crippen LogP contribution in [0.25, 0.3) is 0 Å². The summed E-state index contributed by atoms with van der Waals surface area (Å²) in [6.07, 6.45) is 1.35. The zero-order valence-corrected chi connectivity index (χ0v) is 9.85. The van der Waals surface area contributed by atoms with Crippen molar-refractivity contribution in [1.82, 2.24) is 10.2 Å². The summed E-state index contributed by atoms with van der Waals surface area (Å²) in [5.41, 5.74) is 1.06. The van der Waals surface area contributed by atoms with Gasteiger partial charge in [-0.2, -0.15) is 0 Å². The lowest BCUT2D eigenvalue weighted by molar-refractivity contribution is -0.127. The van der Waals surface area contributed by atoms with E-state index in [1.807, 2.05) is 37.3 Å². The van der Waals surface area contributed by atoms with Crippen molar-refractivity contribution in [2.75, 3.05) is 6.54 Å². The summed E-state index contributed by atoms with van der Waals surface area (Å²) in [7, 11) is 0. The van der Waals surface area contributed by atoms with Crippen molar-refractivity contribution >= 4 is 11.9 Å². The molecule has 1 aliphatic heterocycles. The Hall–Kier alpha value is -1.84. The SMILES string of the molecule is CCCN1C(=O)N[C@@H](Cc2ccccc2)C1=O. The maximum atomic E-state index is 12.0. The third-order valence-corrected chi connectivity index (χ3v) is 2.84. The fourth-order valence-electron chi connectivity index (χ4n) is 2.00. The van der Waals surface area contributed by atoms with Gasteiger partial charge in [-0.15, -0.1) is 0 Å². The first-order valence-electron chi connectivity index (χ1n) is 5.88. The van der Waals surface area contributed by atoms with E-state index in [9.17, 15) is 9.59 Å². The van der Waals surface area contributed by atoms with Gasteiger partial charge in [-0.1, -0.05) is 37.3 Å². The zero-order valence-electron chi connectivity index (χ0n) is 9.85. The minimum absolute atomic E-state index is 0.110. The summed E-state index contributed by atoms with van der Waals surface area (Å²) >= 11 is 0. The molecule has 1 saturated heterocycles. The Kier molecular flexibility index (Phi) is 3.42. The Labute approximate surface area is 101 Å². The molecular formula is C13H16N2O2. The molecule has 90 valence electrons. The quantitative estimate of drug-likeness (QED) is 0.801. The molecule has 0 unspecified atom stereocenters. The molecule has 0 aromatic heterocycles. The Balaban J connectivity index is 2.04. The van der Waals surface area contributed by atoms with Gasteiger partial charge in [-0.3, -0.25) is 9.69 Å². The molecule has 3 amide bonds. The smallest absolute Gasteiger partial charge is 0.324 e. The molecule has 0 aliphatic carbocycles. The van der Waals surface area contributed by atoms with Crippen LogP contribution < -0.4 is 5.32 Å². The van der Waals surface area contributed by atoms with Crippen molar-refractivity contribution in [3.8, 4) is 0 Å². The van der Waals surface area contributed by atoms with Crippen molar-refractivity contribution in [2.24, 2.45) is 0 Å². The van der Waals surface area contributed by atoms with Crippen LogP contribution in [0, 0.1) is 0 Å². The second-order valence-electron chi connectivity index (χ2n) is 4.18. The number of hydrogen-bond acceptors (Lipinski definition) is 2. The van der Waals surface area contributed by atoms with Gasteiger partial charge < -0.3 is 5.32 Å². The third-order valence-electron chi connectivity index (χ3n) is 2.84. The molecule has 1 aliphatic rings. The molecule has 4 nitrogen and oxygen atoms in total. The lowest BCUT2D eigenvalue weighted by atomic mass is 10.1. The van der Waals surface area contributed by atoms with E-state index in [2.05, 4.69) is 5.32 Å². The van der Waals surface area contributed by atoms with Gasteiger partial charge in [-0.25, -0.2) is 4.79 Å². The van der Waals surface area contributed by atoms with E-state index in [4.69, 9.17) is 0 Å². The van der Waals surface area contributed by atoms with E-state index < -0.39 is 6.04 Å². The highest BCUT2D eigenvalue weighted by Crippen LogP contribution is 2.12. The van der Waals surface area contributed by atoms with Crippen LogP contribution in [0.2, 0.25) is 0 Å². The highest BCUT2D eigenvalue weighted by Gasteiger charge is 2.36. The Bertz CT molecular complexity index is 417. The van der Waals surface area contributed by atoms with Crippen LogP contribution in [0.5, 0.6) is 0 Å². The van der Waals surface area contributed by atoms with E-state index in [0.717, 1.165) is 12.0 Å². The van der Waals surface area contributed by atoms with E-state index >= 15 is 0 Å². The van der Waals surface area contributed by atoms with Gasteiger partial charge in [0.25, 0.3) is 5.91 Å². The average Bonchev–Trinajstić information content (AvgIpc) is 2.59. The number of imide groups is 1. The molecule has 1 fully saturated rings. The Morgan fingerprint density at radius 3 is 2.59 bits per heavy atom. The molecule has 0 spiro atoms. The molecule has 1 N–H and O–H groups in total. The normalized spacial score (nSPS) is 19.6. The van der Waals surface area contributed by atoms with Gasteiger partial charge in [0.1, 0.15) is 6.04 Å². The number of rotatable bonds is 4. The molecule has 1 aromatic carbocycles. The number of hydrogen-bond donors (Lipinski definition) is 1. The summed E-state index contributed by atoms with van der Waals surface area (Å²) in [6.45, 7) is 2.45. The number of nitrogens with one attached hydrogen (secondary N) is 1. The predicted molar refractivity (Wildman–Crippen MR) is 64.5 cm³/mol. The summed E-state index contributed by atoms with van der Waals surface area (Å²) in [4.78, 5) is 24.8. The number of carbonyl (C=O) groups excluding carboxylic acids is 2. The van der Waals surface area contributed by atoms with Gasteiger partial charge in [0.05, 0.1) is 0 Å². The summed E-state index contributed by atoms with van der Waals surface area (Å²) in [5.74, 6) is -0.110. The minimum atomic E-state index is -0.406. The first-order valence-corrected chi connectivity index (χ1v) is 5.88. The largest absolute Gasteiger partial charge is 0.325 e. The van der Waals surface area contributed by atoms with Crippen LogP contribution in [0.4, 0.5) is 4.79 Å². The number of benzene rings is 1. The highest BCUT2D eigenvalue weighted by atomic mass is 16.2. The van der Waals surface area contributed by atoms with Crippen LogP contribution >= 0.6 is 0 Å². The number of amides is 3. The monoisotopic (exact) mass is 232 g/mol. The molecule has 17 heavy (non-hydrogen) atoms. The maximum absolute atomic E-state index is 12.0. The van der Waals surface area contributed by atoms with Crippen LogP contribution in [0.3, 0.4) is 0 Å². The van der Waals surface area contributed by atoms with Crippen molar-refractivity contribution in [2.45, 2.75) is 25.8 Å². The molecule has 0 saturated carbocycles. The van der Waals surface area contributed by atoms with Crippen molar-refractivity contribution in [1.29, 1.82) is 0 Å². The van der Waals surface area contributed by atoms with E-state index in [1.165, 1.54) is 4.90 Å². The zero-order chi connectivity index (χ0) is 12.3. The third kappa shape index (κ3) is 2.46. The molecule has 2 rings (SSSR count). The van der Waals surface area contributed by atoms with Gasteiger partial charge in [0.15, 0.2) is 0 Å². The standard InChI is InChI=1S/C13H16N2O2/c1-2-8-15-12(16)11(14-13(15)17)9-10-6-4-3-5-7-10/h3-7,11H,2,8-9H2,1H3,(H,14,17)/t11-/m0/s1. The summed E-state index contributed by atoms with van der Waals surface area (Å²) < 4.78 is 0. The van der Waals surface area contributed by atoms with Crippen LogP contribution in [0.15, 0.2) is 30.3 Å². The number of nitrogens with zero attached hydrogens (tertiary/aromatic N) is 1. The highest BCUT2D eigenvalue weighted by molar-refractivity contribution is 6.04. The molecule has 0 bridgehead atoms. The van der Waals surface area contributed by atoms with Crippen LogP contribution in [0.1, 0.15) is 18.9 Å². The topological polar surface area (TPSA) is 49.4 Å². The van der Waals surface area contributed by atoms with Gasteiger partial charge >= 0.3 is 6.03 Å². The van der Waals surface area contributed by atoms with Crippen molar-refractivity contribution < 1.29 is 9.59 Å². The maximum Gasteiger partial charge on any atom is 0.324 e. The molecule has 1 aromatic rings. The number of urea groups is 1. The molecule has 1 heterocycles.